The van der Waals surface area contributed by atoms with Crippen LogP contribution in [0.1, 0.15) is 41.7 Å². The Bertz CT molecular complexity index is 1610. The van der Waals surface area contributed by atoms with Gasteiger partial charge < -0.3 is 14.4 Å². The van der Waals surface area contributed by atoms with Crippen LogP contribution in [0.4, 0.5) is 30.9 Å². The number of esters is 1. The molecule has 1 fully saturated rings. The summed E-state index contributed by atoms with van der Waals surface area (Å²) in [5, 5.41) is 17.5. The number of benzene rings is 2. The predicted molar refractivity (Wildman–Crippen MR) is 137 cm³/mol. The Labute approximate surface area is 225 Å². The third-order valence-corrected chi connectivity index (χ3v) is 6.29. The number of non-ortho nitro benzene ring substituents is 1. The standard InChI is InChI=1S/C26H22F2N6O6/c1-2-39-25(35)22-23(30-26(36)40-17-8-6-16(7-9-17)34(37)38)31-33-13-11-21(29-24(22)33)32-12-3-4-20(32)18-14-15(27)5-10-19(18)28/h5-11,13-14,20H,2-4,12H2,1H3,(H,30,31,36). The van der Waals surface area contributed by atoms with E-state index in [1.165, 1.54) is 35.0 Å². The second-order valence-corrected chi connectivity index (χ2v) is 8.78. The molecule has 0 spiro atoms. The molecular weight excluding hydrogens is 530 g/mol. The van der Waals surface area contributed by atoms with Crippen LogP contribution in [0.15, 0.2) is 54.7 Å². The number of hydrogen-bond donors (Lipinski definition) is 1. The van der Waals surface area contributed by atoms with E-state index in [4.69, 9.17) is 9.47 Å². The summed E-state index contributed by atoms with van der Waals surface area (Å²) in [5.41, 5.74) is -0.0569. The van der Waals surface area contributed by atoms with Gasteiger partial charge in [-0.1, -0.05) is 0 Å². The van der Waals surface area contributed by atoms with Crippen LogP contribution < -0.4 is 15.0 Å². The van der Waals surface area contributed by atoms with Gasteiger partial charge in [-0.2, -0.15) is 0 Å². The summed E-state index contributed by atoms with van der Waals surface area (Å²) in [7, 11) is 0. The molecule has 2 aromatic carbocycles. The van der Waals surface area contributed by atoms with Crippen LogP contribution in [0.3, 0.4) is 0 Å². The zero-order valence-corrected chi connectivity index (χ0v) is 21.0. The van der Waals surface area contributed by atoms with Crippen molar-refractivity contribution in [3.05, 3.63) is 87.6 Å². The van der Waals surface area contributed by atoms with Gasteiger partial charge in [-0.3, -0.25) is 15.4 Å². The monoisotopic (exact) mass is 552 g/mol. The number of anilines is 2. The Morgan fingerprint density at radius 1 is 1.18 bits per heavy atom. The number of nitrogens with one attached hydrogen (secondary N) is 1. The number of carbonyl (C=O) groups excluding carboxylic acids is 2. The van der Waals surface area contributed by atoms with Gasteiger partial charge in [0.1, 0.15) is 28.8 Å². The number of fused-ring (bicyclic) bond motifs is 1. The van der Waals surface area contributed by atoms with Crippen LogP contribution in [0, 0.1) is 21.7 Å². The molecule has 0 radical (unpaired) electrons. The number of nitro groups is 1. The van der Waals surface area contributed by atoms with E-state index < -0.39 is 34.7 Å². The fraction of sp³-hybridized carbons (Fsp3) is 0.231. The van der Waals surface area contributed by atoms with Gasteiger partial charge in [0.2, 0.25) is 0 Å². The lowest BCUT2D eigenvalue weighted by Gasteiger charge is -2.26. The van der Waals surface area contributed by atoms with Crippen molar-refractivity contribution in [2.45, 2.75) is 25.8 Å². The van der Waals surface area contributed by atoms with E-state index in [0.29, 0.717) is 25.2 Å². The second kappa shape index (κ2) is 10.9. The maximum atomic E-state index is 14.6. The first-order valence-corrected chi connectivity index (χ1v) is 12.3. The van der Waals surface area contributed by atoms with E-state index in [0.717, 1.165) is 18.2 Å². The van der Waals surface area contributed by atoms with Crippen LogP contribution >= 0.6 is 0 Å². The smallest absolute Gasteiger partial charge is 0.418 e. The molecule has 4 aromatic rings. The average Bonchev–Trinajstić information content (AvgIpc) is 3.54. The molecule has 1 saturated heterocycles. The molecule has 14 heteroatoms. The fourth-order valence-electron chi connectivity index (χ4n) is 4.56. The largest absolute Gasteiger partial charge is 0.462 e. The van der Waals surface area contributed by atoms with Crippen molar-refractivity contribution in [1.29, 1.82) is 0 Å². The molecule has 3 heterocycles. The van der Waals surface area contributed by atoms with Crippen LogP contribution in [-0.4, -0.2) is 44.7 Å². The first-order chi connectivity index (χ1) is 19.2. The lowest BCUT2D eigenvalue weighted by molar-refractivity contribution is -0.384. The van der Waals surface area contributed by atoms with Crippen molar-refractivity contribution in [2.24, 2.45) is 0 Å². The molecule has 1 atom stereocenters. The molecular formula is C26H22F2N6O6. The van der Waals surface area contributed by atoms with Gasteiger partial charge in [-0.25, -0.2) is 27.9 Å². The Hall–Kier alpha value is -5.14. The summed E-state index contributed by atoms with van der Waals surface area (Å²) in [6.45, 7) is 2.16. The molecule has 1 aliphatic rings. The summed E-state index contributed by atoms with van der Waals surface area (Å²) in [6.07, 6.45) is 1.78. The van der Waals surface area contributed by atoms with Crippen molar-refractivity contribution < 1.29 is 32.8 Å². The number of rotatable bonds is 7. The minimum Gasteiger partial charge on any atom is -0.462 e. The van der Waals surface area contributed by atoms with Gasteiger partial charge in [-0.15, -0.1) is 5.10 Å². The molecule has 2 aromatic heterocycles. The van der Waals surface area contributed by atoms with Crippen LogP contribution in [0.5, 0.6) is 5.75 Å². The number of halogens is 2. The zero-order chi connectivity index (χ0) is 28.4. The SMILES string of the molecule is CCOC(=O)c1c(NC(=O)Oc2ccc([N+](=O)[O-])cc2)nn2ccc(N3CCCC3c3cc(F)ccc3F)nc12. The summed E-state index contributed by atoms with van der Waals surface area (Å²) >= 11 is 0. The van der Waals surface area contributed by atoms with Crippen LogP contribution in [-0.2, 0) is 4.74 Å². The Morgan fingerprint density at radius 2 is 1.95 bits per heavy atom. The van der Waals surface area contributed by atoms with Gasteiger partial charge in [0.15, 0.2) is 11.5 Å². The molecule has 0 saturated carbocycles. The Kier molecular flexibility index (Phi) is 7.23. The third-order valence-electron chi connectivity index (χ3n) is 6.29. The first-order valence-electron chi connectivity index (χ1n) is 12.3. The van der Waals surface area contributed by atoms with Crippen molar-refractivity contribution in [1.82, 2.24) is 14.6 Å². The molecule has 40 heavy (non-hydrogen) atoms. The second-order valence-electron chi connectivity index (χ2n) is 8.78. The summed E-state index contributed by atoms with van der Waals surface area (Å²) < 4.78 is 40.1. The third kappa shape index (κ3) is 5.23. The highest BCUT2D eigenvalue weighted by molar-refractivity contribution is 6.04. The van der Waals surface area contributed by atoms with E-state index in [9.17, 15) is 28.5 Å². The number of nitrogens with zero attached hydrogens (tertiary/aromatic N) is 5. The predicted octanol–water partition coefficient (Wildman–Crippen LogP) is 5.04. The topological polar surface area (TPSA) is 141 Å². The Morgan fingerprint density at radius 3 is 2.67 bits per heavy atom. The summed E-state index contributed by atoms with van der Waals surface area (Å²) in [5.74, 6) is -1.66. The van der Waals surface area contributed by atoms with Gasteiger partial charge in [0, 0.05) is 30.4 Å². The average molecular weight is 552 g/mol. The van der Waals surface area contributed by atoms with Crippen molar-refractivity contribution >= 4 is 35.0 Å². The lowest BCUT2D eigenvalue weighted by Crippen LogP contribution is -2.24. The summed E-state index contributed by atoms with van der Waals surface area (Å²) in [4.78, 5) is 42.1. The fourth-order valence-corrected chi connectivity index (χ4v) is 4.56. The minimum absolute atomic E-state index is 0.0228. The van der Waals surface area contributed by atoms with Crippen molar-refractivity contribution in [2.75, 3.05) is 23.4 Å². The molecule has 1 N–H and O–H groups in total. The van der Waals surface area contributed by atoms with E-state index in [1.807, 2.05) is 4.90 Å². The number of hydrogen-bond acceptors (Lipinski definition) is 9. The maximum absolute atomic E-state index is 14.6. The molecule has 1 unspecified atom stereocenters. The van der Waals surface area contributed by atoms with E-state index in [2.05, 4.69) is 15.4 Å². The number of nitro benzene ring substituents is 1. The summed E-state index contributed by atoms with van der Waals surface area (Å²) in [6, 6.07) is 9.28. The van der Waals surface area contributed by atoms with E-state index >= 15 is 0 Å². The molecule has 1 amide bonds. The number of ether oxygens (including phenoxy) is 2. The van der Waals surface area contributed by atoms with Crippen molar-refractivity contribution in [3.8, 4) is 5.75 Å². The van der Waals surface area contributed by atoms with E-state index in [-0.39, 0.29) is 40.6 Å². The lowest BCUT2D eigenvalue weighted by atomic mass is 10.0. The van der Waals surface area contributed by atoms with Gasteiger partial charge in [0.05, 0.1) is 17.6 Å². The van der Waals surface area contributed by atoms with Crippen LogP contribution in [0.25, 0.3) is 5.65 Å². The molecule has 0 aliphatic carbocycles. The van der Waals surface area contributed by atoms with Crippen LogP contribution in [0.2, 0.25) is 0 Å². The molecule has 0 bridgehead atoms. The normalized spacial score (nSPS) is 14.8. The molecule has 12 nitrogen and oxygen atoms in total. The number of carbonyl (C=O) groups is 2. The molecule has 5 rings (SSSR count). The van der Waals surface area contributed by atoms with Crippen molar-refractivity contribution in [3.63, 3.8) is 0 Å². The van der Waals surface area contributed by atoms with Gasteiger partial charge >= 0.3 is 12.1 Å². The number of aromatic nitrogens is 3. The minimum atomic E-state index is -1.01. The zero-order valence-electron chi connectivity index (χ0n) is 21.0. The first kappa shape index (κ1) is 26.5. The highest BCUT2D eigenvalue weighted by Gasteiger charge is 2.31. The molecule has 206 valence electrons. The Balaban J connectivity index is 1.46. The quantitative estimate of drug-likeness (QED) is 0.189. The van der Waals surface area contributed by atoms with Gasteiger partial charge in [-0.05, 0) is 56.2 Å². The molecule has 1 aliphatic heterocycles. The highest BCUT2D eigenvalue weighted by Crippen LogP contribution is 2.37. The van der Waals surface area contributed by atoms with Gasteiger partial charge in [0.25, 0.3) is 5.69 Å². The van der Waals surface area contributed by atoms with E-state index in [1.54, 1.807) is 13.0 Å². The highest BCUT2D eigenvalue weighted by atomic mass is 19.1. The maximum Gasteiger partial charge on any atom is 0.418 e. The number of amides is 1.